The average Bonchev–Trinajstić information content (AvgIpc) is 2.78. The van der Waals surface area contributed by atoms with Crippen molar-refractivity contribution in [3.8, 4) is 0 Å². The van der Waals surface area contributed by atoms with E-state index in [-0.39, 0.29) is 0 Å². The highest BCUT2D eigenvalue weighted by molar-refractivity contribution is 4.90. The van der Waals surface area contributed by atoms with E-state index < -0.39 is 0 Å². The molecule has 2 heterocycles. The number of piperidine rings is 1. The summed E-state index contributed by atoms with van der Waals surface area (Å²) in [5.41, 5.74) is 0.591. The lowest BCUT2D eigenvalue weighted by molar-refractivity contribution is 0.118. The van der Waals surface area contributed by atoms with Gasteiger partial charge in [0.15, 0.2) is 0 Å². The summed E-state index contributed by atoms with van der Waals surface area (Å²) in [5.74, 6) is 0.991. The quantitative estimate of drug-likeness (QED) is 0.780. The van der Waals surface area contributed by atoms with Crippen molar-refractivity contribution in [2.24, 2.45) is 11.3 Å². The molecule has 1 N–H and O–H groups in total. The Balaban J connectivity index is 1.85. The molecule has 2 unspecified atom stereocenters. The SMILES string of the molecule is CCCC1CCN(CC2(CCC)CCCNC2)C1. The lowest BCUT2D eigenvalue weighted by Gasteiger charge is -2.40. The molecule has 0 aliphatic carbocycles. The molecule has 2 fully saturated rings. The van der Waals surface area contributed by atoms with Gasteiger partial charge in [0.1, 0.15) is 0 Å². The first kappa shape index (κ1) is 14.3. The van der Waals surface area contributed by atoms with E-state index in [0.29, 0.717) is 5.41 Å². The molecule has 0 aromatic heterocycles. The van der Waals surface area contributed by atoms with Gasteiger partial charge in [-0.3, -0.25) is 0 Å². The number of rotatable bonds is 6. The van der Waals surface area contributed by atoms with Crippen LogP contribution in [-0.2, 0) is 0 Å². The fourth-order valence-corrected chi connectivity index (χ4v) is 4.16. The van der Waals surface area contributed by atoms with Crippen molar-refractivity contribution in [3.63, 3.8) is 0 Å². The summed E-state index contributed by atoms with van der Waals surface area (Å²) in [6.07, 6.45) is 9.83. The molecule has 0 spiro atoms. The normalized spacial score (nSPS) is 34.0. The van der Waals surface area contributed by atoms with Crippen LogP contribution < -0.4 is 5.32 Å². The molecular formula is C16H32N2. The standard InChI is InChI=1S/C16H32N2/c1-3-6-15-7-11-18(12-15)14-16(8-4-2)9-5-10-17-13-16/h15,17H,3-14H2,1-2H3. The lowest BCUT2D eigenvalue weighted by atomic mass is 9.76. The molecule has 2 aliphatic rings. The highest BCUT2D eigenvalue weighted by Gasteiger charge is 2.35. The Morgan fingerprint density at radius 1 is 1.28 bits per heavy atom. The van der Waals surface area contributed by atoms with Crippen molar-refractivity contribution in [2.75, 3.05) is 32.7 Å². The summed E-state index contributed by atoms with van der Waals surface area (Å²) in [4.78, 5) is 2.77. The van der Waals surface area contributed by atoms with Crippen LogP contribution in [0.1, 0.15) is 58.8 Å². The highest BCUT2D eigenvalue weighted by Crippen LogP contribution is 2.34. The van der Waals surface area contributed by atoms with Gasteiger partial charge >= 0.3 is 0 Å². The second-order valence-corrected chi connectivity index (χ2v) is 6.71. The van der Waals surface area contributed by atoms with Gasteiger partial charge in [-0.2, -0.15) is 0 Å². The van der Waals surface area contributed by atoms with Crippen LogP contribution in [0.2, 0.25) is 0 Å². The van der Waals surface area contributed by atoms with E-state index in [1.165, 1.54) is 77.7 Å². The van der Waals surface area contributed by atoms with E-state index in [2.05, 4.69) is 24.1 Å². The summed E-state index contributed by atoms with van der Waals surface area (Å²) < 4.78 is 0. The zero-order valence-corrected chi connectivity index (χ0v) is 12.5. The first-order chi connectivity index (χ1) is 8.78. The van der Waals surface area contributed by atoms with Gasteiger partial charge in [0.2, 0.25) is 0 Å². The predicted molar refractivity (Wildman–Crippen MR) is 78.9 cm³/mol. The minimum Gasteiger partial charge on any atom is -0.316 e. The summed E-state index contributed by atoms with van der Waals surface area (Å²) >= 11 is 0. The van der Waals surface area contributed by atoms with Crippen LogP contribution in [0.5, 0.6) is 0 Å². The first-order valence-electron chi connectivity index (χ1n) is 8.21. The third-order valence-electron chi connectivity index (χ3n) is 4.97. The molecule has 2 nitrogen and oxygen atoms in total. The van der Waals surface area contributed by atoms with Crippen molar-refractivity contribution in [3.05, 3.63) is 0 Å². The second-order valence-electron chi connectivity index (χ2n) is 6.71. The van der Waals surface area contributed by atoms with Crippen molar-refractivity contribution in [2.45, 2.75) is 58.8 Å². The van der Waals surface area contributed by atoms with E-state index in [1.54, 1.807) is 0 Å². The van der Waals surface area contributed by atoms with E-state index in [0.717, 1.165) is 5.92 Å². The summed E-state index contributed by atoms with van der Waals surface area (Å²) in [6.45, 7) is 11.3. The van der Waals surface area contributed by atoms with Crippen LogP contribution in [0.4, 0.5) is 0 Å². The van der Waals surface area contributed by atoms with Crippen molar-refractivity contribution < 1.29 is 0 Å². The minimum atomic E-state index is 0.591. The maximum atomic E-state index is 3.64. The Morgan fingerprint density at radius 3 is 2.83 bits per heavy atom. The Kier molecular flexibility index (Phi) is 5.50. The molecule has 2 saturated heterocycles. The molecule has 106 valence electrons. The second kappa shape index (κ2) is 6.91. The topological polar surface area (TPSA) is 15.3 Å². The third-order valence-corrected chi connectivity index (χ3v) is 4.97. The molecule has 18 heavy (non-hydrogen) atoms. The molecule has 2 atom stereocenters. The van der Waals surface area contributed by atoms with Gasteiger partial charge in [0, 0.05) is 19.6 Å². The van der Waals surface area contributed by atoms with E-state index in [4.69, 9.17) is 0 Å². The Hall–Kier alpha value is -0.0800. The monoisotopic (exact) mass is 252 g/mol. The van der Waals surface area contributed by atoms with Crippen LogP contribution >= 0.6 is 0 Å². The molecule has 0 bridgehead atoms. The zero-order valence-electron chi connectivity index (χ0n) is 12.5. The molecule has 2 rings (SSSR count). The van der Waals surface area contributed by atoms with Crippen molar-refractivity contribution >= 4 is 0 Å². The van der Waals surface area contributed by atoms with Crippen LogP contribution in [0, 0.1) is 11.3 Å². The van der Waals surface area contributed by atoms with Crippen LogP contribution in [0.15, 0.2) is 0 Å². The summed E-state index contributed by atoms with van der Waals surface area (Å²) in [5, 5.41) is 3.64. The maximum Gasteiger partial charge on any atom is 0.00503 e. The van der Waals surface area contributed by atoms with Gasteiger partial charge in [-0.05, 0) is 56.5 Å². The van der Waals surface area contributed by atoms with Crippen LogP contribution in [-0.4, -0.2) is 37.6 Å². The minimum absolute atomic E-state index is 0.591. The number of hydrogen-bond donors (Lipinski definition) is 1. The average molecular weight is 252 g/mol. The fourth-order valence-electron chi connectivity index (χ4n) is 4.16. The smallest absolute Gasteiger partial charge is 0.00503 e. The molecule has 2 aliphatic heterocycles. The van der Waals surface area contributed by atoms with Crippen LogP contribution in [0.3, 0.4) is 0 Å². The van der Waals surface area contributed by atoms with E-state index >= 15 is 0 Å². The molecule has 0 aromatic carbocycles. The zero-order chi connectivity index (χ0) is 12.8. The van der Waals surface area contributed by atoms with Gasteiger partial charge in [0.25, 0.3) is 0 Å². The van der Waals surface area contributed by atoms with Gasteiger partial charge in [-0.1, -0.05) is 26.7 Å². The van der Waals surface area contributed by atoms with Gasteiger partial charge in [0.05, 0.1) is 0 Å². The molecule has 0 aromatic rings. The Morgan fingerprint density at radius 2 is 2.17 bits per heavy atom. The van der Waals surface area contributed by atoms with Crippen molar-refractivity contribution in [1.82, 2.24) is 10.2 Å². The highest BCUT2D eigenvalue weighted by atomic mass is 15.2. The number of nitrogens with zero attached hydrogens (tertiary/aromatic N) is 1. The predicted octanol–water partition coefficient (Wildman–Crippen LogP) is 3.28. The number of hydrogen-bond acceptors (Lipinski definition) is 2. The Bertz CT molecular complexity index is 228. The lowest BCUT2D eigenvalue weighted by Crippen LogP contribution is -2.47. The fraction of sp³-hybridized carbons (Fsp3) is 1.00. The molecule has 0 saturated carbocycles. The van der Waals surface area contributed by atoms with Crippen LogP contribution in [0.25, 0.3) is 0 Å². The number of nitrogens with one attached hydrogen (secondary N) is 1. The largest absolute Gasteiger partial charge is 0.316 e. The summed E-state index contributed by atoms with van der Waals surface area (Å²) in [6, 6.07) is 0. The van der Waals surface area contributed by atoms with E-state index in [9.17, 15) is 0 Å². The van der Waals surface area contributed by atoms with Crippen molar-refractivity contribution in [1.29, 1.82) is 0 Å². The third kappa shape index (κ3) is 3.71. The van der Waals surface area contributed by atoms with E-state index in [1.807, 2.05) is 0 Å². The van der Waals surface area contributed by atoms with Gasteiger partial charge < -0.3 is 10.2 Å². The Labute approximate surface area is 114 Å². The molecule has 2 heteroatoms. The molecule has 0 amide bonds. The maximum absolute atomic E-state index is 3.64. The number of likely N-dealkylation sites (tertiary alicyclic amines) is 1. The molecular weight excluding hydrogens is 220 g/mol. The van der Waals surface area contributed by atoms with Gasteiger partial charge in [-0.25, -0.2) is 0 Å². The summed E-state index contributed by atoms with van der Waals surface area (Å²) in [7, 11) is 0. The molecule has 0 radical (unpaired) electrons. The first-order valence-corrected chi connectivity index (χ1v) is 8.21. The van der Waals surface area contributed by atoms with Gasteiger partial charge in [-0.15, -0.1) is 0 Å².